The second-order valence-corrected chi connectivity index (χ2v) is 9.25. The molecular weight excluding hydrogens is 412 g/mol. The number of amides is 1. The zero-order chi connectivity index (χ0) is 22.5. The molecular formula is C24H25F2N5O. The van der Waals surface area contributed by atoms with Crippen LogP contribution in [-0.2, 0) is 10.3 Å². The van der Waals surface area contributed by atoms with Gasteiger partial charge in [0.2, 0.25) is 5.91 Å². The van der Waals surface area contributed by atoms with E-state index in [-0.39, 0.29) is 24.5 Å². The van der Waals surface area contributed by atoms with E-state index in [9.17, 15) is 13.6 Å². The number of benzene rings is 1. The van der Waals surface area contributed by atoms with Crippen molar-refractivity contribution in [3.05, 3.63) is 59.3 Å². The van der Waals surface area contributed by atoms with Crippen LogP contribution in [0.2, 0.25) is 0 Å². The minimum absolute atomic E-state index is 0.00434. The summed E-state index contributed by atoms with van der Waals surface area (Å²) in [6.07, 6.45) is 4.08. The summed E-state index contributed by atoms with van der Waals surface area (Å²) in [6.45, 7) is 3.57. The predicted molar refractivity (Wildman–Crippen MR) is 115 cm³/mol. The number of anilines is 1. The van der Waals surface area contributed by atoms with Crippen LogP contribution < -0.4 is 10.2 Å². The molecule has 2 aromatic rings. The van der Waals surface area contributed by atoms with Crippen LogP contribution in [0, 0.1) is 28.9 Å². The standard InChI is InChI=1S/C24H25F2N5O/c1-15-6-20-13-30(14-21(15)31(20)22-3-2-16(10-27)11-28-22)23(32)12-29-24(4-5-24)17-7-18(25)9-19(26)8-17/h2-3,7-9,11,15,20-21,29H,4-6,12-14H2,1H3/t15-,20?,21?/m1/s1. The molecule has 1 saturated carbocycles. The highest BCUT2D eigenvalue weighted by Crippen LogP contribution is 2.46. The molecule has 1 aliphatic carbocycles. The molecule has 6 nitrogen and oxygen atoms in total. The van der Waals surface area contributed by atoms with Crippen molar-refractivity contribution in [1.82, 2.24) is 15.2 Å². The molecule has 1 N–H and O–H groups in total. The maximum Gasteiger partial charge on any atom is 0.236 e. The lowest BCUT2D eigenvalue weighted by Gasteiger charge is -2.42. The Hall–Kier alpha value is -3.05. The van der Waals surface area contributed by atoms with Gasteiger partial charge in [0.1, 0.15) is 23.5 Å². The number of fused-ring (bicyclic) bond motifs is 2. The number of halogens is 2. The van der Waals surface area contributed by atoms with Crippen molar-refractivity contribution in [2.45, 2.75) is 43.8 Å². The van der Waals surface area contributed by atoms with Crippen LogP contribution in [0.1, 0.15) is 37.3 Å². The molecule has 3 heterocycles. The molecule has 2 saturated heterocycles. The van der Waals surface area contributed by atoms with Gasteiger partial charge in [-0.05, 0) is 55.0 Å². The SMILES string of the molecule is C[C@@H]1CC2CN(C(=O)CNC3(c4cc(F)cc(F)c4)CC3)CC1N2c1ccc(C#N)cn1. The first-order chi connectivity index (χ1) is 15.4. The lowest BCUT2D eigenvalue weighted by molar-refractivity contribution is -0.131. The van der Waals surface area contributed by atoms with E-state index in [0.717, 1.165) is 31.1 Å². The molecule has 2 unspecified atom stereocenters. The van der Waals surface area contributed by atoms with Gasteiger partial charge in [-0.25, -0.2) is 13.8 Å². The summed E-state index contributed by atoms with van der Waals surface area (Å²) in [5.41, 5.74) is 0.577. The lowest BCUT2D eigenvalue weighted by Crippen LogP contribution is -2.58. The van der Waals surface area contributed by atoms with Crippen molar-refractivity contribution in [1.29, 1.82) is 5.26 Å². The summed E-state index contributed by atoms with van der Waals surface area (Å²) in [6, 6.07) is 9.66. The first-order valence-corrected chi connectivity index (χ1v) is 11.0. The van der Waals surface area contributed by atoms with Gasteiger partial charge in [0.15, 0.2) is 0 Å². The third-order valence-corrected chi connectivity index (χ3v) is 7.13. The minimum Gasteiger partial charge on any atom is -0.347 e. The molecule has 8 heteroatoms. The summed E-state index contributed by atoms with van der Waals surface area (Å²) in [4.78, 5) is 21.7. The molecule has 3 aliphatic rings. The average Bonchev–Trinajstić information content (AvgIpc) is 3.54. The van der Waals surface area contributed by atoms with Gasteiger partial charge in [-0.1, -0.05) is 6.92 Å². The molecule has 2 bridgehead atoms. The van der Waals surface area contributed by atoms with Crippen molar-refractivity contribution < 1.29 is 13.6 Å². The van der Waals surface area contributed by atoms with Crippen LogP contribution in [0.3, 0.4) is 0 Å². The van der Waals surface area contributed by atoms with Gasteiger partial charge < -0.3 is 9.80 Å². The van der Waals surface area contributed by atoms with Crippen molar-refractivity contribution in [3.63, 3.8) is 0 Å². The number of likely N-dealkylation sites (tertiary alicyclic amines) is 1. The molecule has 1 amide bonds. The summed E-state index contributed by atoms with van der Waals surface area (Å²) in [7, 11) is 0. The van der Waals surface area contributed by atoms with E-state index in [2.05, 4.69) is 28.2 Å². The highest BCUT2D eigenvalue weighted by Gasteiger charge is 2.47. The van der Waals surface area contributed by atoms with E-state index in [1.54, 1.807) is 12.3 Å². The number of carbonyl (C=O) groups is 1. The van der Waals surface area contributed by atoms with E-state index in [0.29, 0.717) is 30.1 Å². The van der Waals surface area contributed by atoms with Crippen molar-refractivity contribution >= 4 is 11.7 Å². The first-order valence-electron chi connectivity index (χ1n) is 11.0. The molecule has 0 spiro atoms. The minimum atomic E-state index is -0.600. The van der Waals surface area contributed by atoms with Crippen LogP contribution >= 0.6 is 0 Å². The zero-order valence-corrected chi connectivity index (χ0v) is 17.9. The van der Waals surface area contributed by atoms with Crippen molar-refractivity contribution in [3.8, 4) is 6.07 Å². The van der Waals surface area contributed by atoms with E-state index in [1.807, 2.05) is 11.0 Å². The molecule has 1 aromatic carbocycles. The number of pyridine rings is 1. The number of nitrogens with zero attached hydrogens (tertiary/aromatic N) is 4. The summed E-state index contributed by atoms with van der Waals surface area (Å²) >= 11 is 0. The first kappa shape index (κ1) is 20.8. The largest absolute Gasteiger partial charge is 0.347 e. The van der Waals surface area contributed by atoms with Gasteiger partial charge in [0.25, 0.3) is 0 Å². The summed E-state index contributed by atoms with van der Waals surface area (Å²) < 4.78 is 27.3. The third-order valence-electron chi connectivity index (χ3n) is 7.13. The van der Waals surface area contributed by atoms with Gasteiger partial charge in [0.05, 0.1) is 18.2 Å². The molecule has 5 rings (SSSR count). The van der Waals surface area contributed by atoms with Gasteiger partial charge >= 0.3 is 0 Å². The molecule has 166 valence electrons. The summed E-state index contributed by atoms with van der Waals surface area (Å²) in [5.74, 6) is 0.0755. The summed E-state index contributed by atoms with van der Waals surface area (Å²) in [5, 5.41) is 12.3. The third kappa shape index (κ3) is 3.71. The smallest absolute Gasteiger partial charge is 0.236 e. The van der Waals surface area contributed by atoms with E-state index in [4.69, 9.17) is 5.26 Å². The van der Waals surface area contributed by atoms with Crippen LogP contribution in [-0.4, -0.2) is 47.5 Å². The Kier molecular flexibility index (Phi) is 5.09. The van der Waals surface area contributed by atoms with Gasteiger partial charge in [-0.15, -0.1) is 0 Å². The molecule has 1 aromatic heterocycles. The number of hydrogen-bond donors (Lipinski definition) is 1. The Morgan fingerprint density at radius 3 is 2.59 bits per heavy atom. The van der Waals surface area contributed by atoms with Crippen LogP contribution in [0.15, 0.2) is 36.5 Å². The molecule has 3 atom stereocenters. The van der Waals surface area contributed by atoms with Gasteiger partial charge in [-0.3, -0.25) is 10.1 Å². The fraction of sp³-hybridized carbons (Fsp3) is 0.458. The molecule has 32 heavy (non-hydrogen) atoms. The van der Waals surface area contributed by atoms with Crippen LogP contribution in [0.25, 0.3) is 0 Å². The highest BCUT2D eigenvalue weighted by atomic mass is 19.1. The predicted octanol–water partition coefficient (Wildman–Crippen LogP) is 2.94. The van der Waals surface area contributed by atoms with Crippen LogP contribution in [0.4, 0.5) is 14.6 Å². The number of piperazine rings is 1. The second-order valence-electron chi connectivity index (χ2n) is 9.25. The number of rotatable bonds is 5. The van der Waals surface area contributed by atoms with Gasteiger partial charge in [0, 0.05) is 36.9 Å². The monoisotopic (exact) mass is 437 g/mol. The number of hydrogen-bond acceptors (Lipinski definition) is 5. The van der Waals surface area contributed by atoms with Crippen molar-refractivity contribution in [2.24, 2.45) is 5.92 Å². The lowest BCUT2D eigenvalue weighted by atomic mass is 10.0. The number of nitrogens with one attached hydrogen (secondary N) is 1. The Balaban J connectivity index is 1.25. The maximum absolute atomic E-state index is 13.7. The maximum atomic E-state index is 13.7. The zero-order valence-electron chi connectivity index (χ0n) is 17.9. The molecule has 3 fully saturated rings. The topological polar surface area (TPSA) is 72.3 Å². The Morgan fingerprint density at radius 1 is 1.25 bits per heavy atom. The number of carbonyl (C=O) groups excluding carboxylic acids is 1. The van der Waals surface area contributed by atoms with E-state index < -0.39 is 17.2 Å². The van der Waals surface area contributed by atoms with E-state index in [1.165, 1.54) is 12.1 Å². The van der Waals surface area contributed by atoms with Crippen LogP contribution in [0.5, 0.6) is 0 Å². The normalized spacial score (nSPS) is 25.5. The second kappa shape index (κ2) is 7.82. The Labute approximate surface area is 185 Å². The number of nitriles is 1. The highest BCUT2D eigenvalue weighted by molar-refractivity contribution is 5.79. The average molecular weight is 437 g/mol. The van der Waals surface area contributed by atoms with E-state index >= 15 is 0 Å². The fourth-order valence-electron chi connectivity index (χ4n) is 5.27. The van der Waals surface area contributed by atoms with Gasteiger partial charge in [-0.2, -0.15) is 5.26 Å². The Bertz CT molecular complexity index is 1060. The molecule has 0 radical (unpaired) electrons. The molecule has 2 aliphatic heterocycles. The fourth-order valence-corrected chi connectivity index (χ4v) is 5.27. The Morgan fingerprint density at radius 2 is 2.00 bits per heavy atom. The van der Waals surface area contributed by atoms with Crippen molar-refractivity contribution in [2.75, 3.05) is 24.5 Å². The quantitative estimate of drug-likeness (QED) is 0.779. The number of aromatic nitrogens is 1.